The Morgan fingerprint density at radius 3 is 2.80 bits per heavy atom. The second-order valence-corrected chi connectivity index (χ2v) is 6.21. The van der Waals surface area contributed by atoms with Crippen LogP contribution in [-0.2, 0) is 11.8 Å². The minimum atomic E-state index is -0.437. The lowest BCUT2D eigenvalue weighted by Gasteiger charge is -2.19. The van der Waals surface area contributed by atoms with Crippen molar-refractivity contribution in [1.82, 2.24) is 24.9 Å². The van der Waals surface area contributed by atoms with Crippen LogP contribution in [0.15, 0.2) is 30.5 Å². The monoisotopic (exact) mass is 341 g/mol. The van der Waals surface area contributed by atoms with E-state index < -0.39 is 6.04 Å². The molecule has 0 aliphatic rings. The van der Waals surface area contributed by atoms with Crippen molar-refractivity contribution in [3.63, 3.8) is 0 Å². The first-order valence-corrected chi connectivity index (χ1v) is 8.23. The van der Waals surface area contributed by atoms with Crippen LogP contribution in [-0.4, -0.2) is 32.6 Å². The van der Waals surface area contributed by atoms with Gasteiger partial charge in [0.25, 0.3) is 0 Å². The molecule has 0 spiro atoms. The van der Waals surface area contributed by atoms with Gasteiger partial charge in [-0.2, -0.15) is 10.2 Å². The third kappa shape index (κ3) is 3.09. The van der Waals surface area contributed by atoms with Crippen molar-refractivity contribution in [2.45, 2.75) is 32.9 Å². The molecule has 1 aromatic carbocycles. The summed E-state index contributed by atoms with van der Waals surface area (Å²) >= 11 is 0. The first-order valence-electron chi connectivity index (χ1n) is 8.23. The highest BCUT2D eigenvalue weighted by atomic mass is 16.5. The highest BCUT2D eigenvalue weighted by molar-refractivity contribution is 5.84. The number of amides is 1. The maximum Gasteiger partial charge on any atom is 0.245 e. The van der Waals surface area contributed by atoms with Crippen molar-refractivity contribution in [3.8, 4) is 5.75 Å². The number of rotatable bonds is 5. The zero-order valence-electron chi connectivity index (χ0n) is 15.1. The van der Waals surface area contributed by atoms with Gasteiger partial charge in [0.1, 0.15) is 22.8 Å². The number of fused-ring (bicyclic) bond motifs is 1. The summed E-state index contributed by atoms with van der Waals surface area (Å²) < 4.78 is 8.75. The van der Waals surface area contributed by atoms with Crippen LogP contribution in [0.4, 0.5) is 0 Å². The fraction of sp³-hybridized carbons (Fsp3) is 0.389. The Kier molecular flexibility index (Phi) is 4.48. The van der Waals surface area contributed by atoms with Crippen LogP contribution in [0.5, 0.6) is 5.75 Å². The molecule has 25 heavy (non-hydrogen) atoms. The van der Waals surface area contributed by atoms with Crippen molar-refractivity contribution in [1.29, 1.82) is 0 Å². The third-order valence-electron chi connectivity index (χ3n) is 4.47. The number of aryl methyl sites for hydroxylation is 2. The summed E-state index contributed by atoms with van der Waals surface area (Å²) in [5.74, 6) is 0.676. The summed E-state index contributed by atoms with van der Waals surface area (Å²) in [6.45, 7) is 5.71. The normalized spacial score (nSPS) is 13.6. The van der Waals surface area contributed by atoms with Crippen molar-refractivity contribution in [3.05, 3.63) is 41.7 Å². The van der Waals surface area contributed by atoms with Gasteiger partial charge in [-0.1, -0.05) is 12.1 Å². The summed E-state index contributed by atoms with van der Waals surface area (Å²) in [5.41, 5.74) is 3.65. The van der Waals surface area contributed by atoms with Crippen LogP contribution in [0, 0.1) is 6.92 Å². The van der Waals surface area contributed by atoms with Gasteiger partial charge in [0, 0.05) is 7.05 Å². The zero-order chi connectivity index (χ0) is 18.1. The predicted octanol–water partition coefficient (Wildman–Crippen LogP) is 2.53. The number of hydrogen-bond acceptors (Lipinski definition) is 4. The largest absolute Gasteiger partial charge is 0.497 e. The maximum atomic E-state index is 12.7. The number of nitrogens with one attached hydrogen (secondary N) is 1. The molecular formula is C18H23N5O2. The number of aromatic nitrogens is 4. The molecule has 1 N–H and O–H groups in total. The smallest absolute Gasteiger partial charge is 0.245 e. The zero-order valence-corrected chi connectivity index (χ0v) is 15.1. The molecule has 0 aliphatic carbocycles. The second-order valence-electron chi connectivity index (χ2n) is 6.21. The molecule has 0 unspecified atom stereocenters. The van der Waals surface area contributed by atoms with Gasteiger partial charge in [-0.3, -0.25) is 9.48 Å². The number of nitrogens with zero attached hydrogens (tertiary/aromatic N) is 4. The van der Waals surface area contributed by atoms with E-state index in [1.54, 1.807) is 22.7 Å². The molecule has 2 heterocycles. The SMILES string of the molecule is COc1cccc([C@H](C)NC(=O)[C@@H](C)n2ncc3c2c(C)nn3C)c1. The van der Waals surface area contributed by atoms with Crippen LogP contribution in [0.2, 0.25) is 0 Å². The van der Waals surface area contributed by atoms with E-state index in [2.05, 4.69) is 15.5 Å². The van der Waals surface area contributed by atoms with Gasteiger partial charge in [-0.25, -0.2) is 4.68 Å². The molecular weight excluding hydrogens is 318 g/mol. The van der Waals surface area contributed by atoms with Gasteiger partial charge in [0.2, 0.25) is 5.91 Å². The van der Waals surface area contributed by atoms with E-state index >= 15 is 0 Å². The number of ether oxygens (including phenoxy) is 1. The Hall–Kier alpha value is -2.83. The molecule has 7 heteroatoms. The first kappa shape index (κ1) is 17.0. The second kappa shape index (κ2) is 6.58. The van der Waals surface area contributed by atoms with Gasteiger partial charge in [0.05, 0.1) is 25.0 Å². The first-order chi connectivity index (χ1) is 11.9. The summed E-state index contributed by atoms with van der Waals surface area (Å²) in [7, 11) is 3.50. The highest BCUT2D eigenvalue weighted by Crippen LogP contribution is 2.22. The van der Waals surface area contributed by atoms with Crippen molar-refractivity contribution in [2.24, 2.45) is 7.05 Å². The molecule has 1 amide bonds. The van der Waals surface area contributed by atoms with E-state index in [0.717, 1.165) is 28.0 Å². The lowest BCUT2D eigenvalue weighted by molar-refractivity contribution is -0.124. The number of carbonyl (C=O) groups excluding carboxylic acids is 1. The van der Waals surface area contributed by atoms with Gasteiger partial charge in [-0.15, -0.1) is 0 Å². The molecule has 0 saturated carbocycles. The Bertz CT molecular complexity index is 911. The average Bonchev–Trinajstić information content (AvgIpc) is 3.16. The fourth-order valence-electron chi connectivity index (χ4n) is 3.00. The quantitative estimate of drug-likeness (QED) is 0.774. The van der Waals surface area contributed by atoms with Crippen LogP contribution in [0.3, 0.4) is 0 Å². The minimum Gasteiger partial charge on any atom is -0.497 e. The molecule has 7 nitrogen and oxygen atoms in total. The van der Waals surface area contributed by atoms with Crippen molar-refractivity contribution >= 4 is 16.9 Å². The number of benzene rings is 1. The molecule has 132 valence electrons. The topological polar surface area (TPSA) is 74.0 Å². The molecule has 2 aromatic heterocycles. The Labute approximate surface area is 146 Å². The lowest BCUT2D eigenvalue weighted by atomic mass is 10.1. The van der Waals surface area contributed by atoms with Crippen molar-refractivity contribution < 1.29 is 9.53 Å². The average molecular weight is 341 g/mol. The van der Waals surface area contributed by atoms with E-state index in [1.165, 1.54) is 0 Å². The van der Waals surface area contributed by atoms with E-state index in [4.69, 9.17) is 4.74 Å². The summed E-state index contributed by atoms with van der Waals surface area (Å²) in [4.78, 5) is 12.7. The summed E-state index contributed by atoms with van der Waals surface area (Å²) in [6, 6.07) is 7.12. The van der Waals surface area contributed by atoms with Crippen LogP contribution in [0.25, 0.3) is 11.0 Å². The van der Waals surface area contributed by atoms with Crippen LogP contribution >= 0.6 is 0 Å². The third-order valence-corrected chi connectivity index (χ3v) is 4.47. The van der Waals surface area contributed by atoms with E-state index in [0.29, 0.717) is 0 Å². The number of carbonyl (C=O) groups is 1. The standard InChI is InChI=1S/C18H23N5O2/c1-11(14-7-6-8-15(9-14)25-5)20-18(24)13(3)23-17-12(2)21-22(4)16(17)10-19-23/h6-11,13H,1-5H3,(H,20,24)/t11-,13+/m0/s1. The predicted molar refractivity (Wildman–Crippen MR) is 95.5 cm³/mol. The summed E-state index contributed by atoms with van der Waals surface area (Å²) in [6.07, 6.45) is 1.74. The molecule has 0 bridgehead atoms. The van der Waals surface area contributed by atoms with Gasteiger partial charge >= 0.3 is 0 Å². The van der Waals surface area contributed by atoms with Crippen LogP contribution < -0.4 is 10.1 Å². The van der Waals surface area contributed by atoms with Gasteiger partial charge < -0.3 is 10.1 Å². The number of methoxy groups -OCH3 is 1. The summed E-state index contributed by atoms with van der Waals surface area (Å²) in [5, 5.41) is 11.8. The van der Waals surface area contributed by atoms with Crippen molar-refractivity contribution in [2.75, 3.05) is 7.11 Å². The van der Waals surface area contributed by atoms with Gasteiger partial charge in [0.15, 0.2) is 0 Å². The van der Waals surface area contributed by atoms with Crippen LogP contribution in [0.1, 0.15) is 37.2 Å². The maximum absolute atomic E-state index is 12.7. The Morgan fingerprint density at radius 1 is 1.32 bits per heavy atom. The Morgan fingerprint density at radius 2 is 2.08 bits per heavy atom. The molecule has 0 radical (unpaired) electrons. The fourth-order valence-corrected chi connectivity index (χ4v) is 3.00. The molecule has 0 fully saturated rings. The van der Waals surface area contributed by atoms with E-state index in [-0.39, 0.29) is 11.9 Å². The molecule has 0 saturated heterocycles. The number of hydrogen-bond donors (Lipinski definition) is 1. The molecule has 2 atom stereocenters. The Balaban J connectivity index is 1.80. The van der Waals surface area contributed by atoms with Gasteiger partial charge in [-0.05, 0) is 38.5 Å². The highest BCUT2D eigenvalue weighted by Gasteiger charge is 2.22. The minimum absolute atomic E-state index is 0.0939. The van der Waals surface area contributed by atoms with E-state index in [1.807, 2.05) is 52.1 Å². The molecule has 3 aromatic rings. The van der Waals surface area contributed by atoms with E-state index in [9.17, 15) is 4.79 Å². The molecule has 3 rings (SSSR count). The molecule has 0 aliphatic heterocycles. The lowest BCUT2D eigenvalue weighted by Crippen LogP contribution is -2.33.